The highest BCUT2D eigenvalue weighted by Crippen LogP contribution is 2.60. The summed E-state index contributed by atoms with van der Waals surface area (Å²) in [6.07, 6.45) is 6.84. The maximum Gasteiger partial charge on any atom is 0.312 e. The molecule has 1 aromatic rings. The third-order valence-corrected chi connectivity index (χ3v) is 6.72. The zero-order valence-electron chi connectivity index (χ0n) is 13.3. The molecule has 1 amide bonds. The Labute approximate surface area is 140 Å². The average Bonchev–Trinajstić information content (AvgIpc) is 3.02. The van der Waals surface area contributed by atoms with Gasteiger partial charge in [-0.2, -0.15) is 0 Å². The number of esters is 1. The van der Waals surface area contributed by atoms with Gasteiger partial charge in [0, 0.05) is 4.88 Å². The Kier molecular flexibility index (Phi) is 3.92. The van der Waals surface area contributed by atoms with Crippen LogP contribution in [0.1, 0.15) is 43.4 Å². The van der Waals surface area contributed by atoms with Gasteiger partial charge >= 0.3 is 5.97 Å². The van der Waals surface area contributed by atoms with E-state index in [2.05, 4.69) is 5.32 Å². The Balaban J connectivity index is 1.29. The molecule has 0 aliphatic heterocycles. The van der Waals surface area contributed by atoms with Gasteiger partial charge in [0.2, 0.25) is 0 Å². The Morgan fingerprint density at radius 3 is 2.39 bits per heavy atom. The molecule has 4 aliphatic rings. The van der Waals surface area contributed by atoms with E-state index in [1.54, 1.807) is 11.3 Å². The van der Waals surface area contributed by atoms with E-state index in [0.717, 1.165) is 24.1 Å². The van der Waals surface area contributed by atoms with Gasteiger partial charge in [0.15, 0.2) is 6.61 Å². The minimum Gasteiger partial charge on any atom is -0.455 e. The fraction of sp³-hybridized carbons (Fsp3) is 0.667. The fourth-order valence-electron chi connectivity index (χ4n) is 5.29. The Bertz CT molecular complexity index is 560. The lowest BCUT2D eigenvalue weighted by atomic mass is 9.49. The van der Waals surface area contributed by atoms with E-state index >= 15 is 0 Å². The van der Waals surface area contributed by atoms with Gasteiger partial charge in [-0.25, -0.2) is 0 Å². The second kappa shape index (κ2) is 5.93. The number of ether oxygens (including phenoxy) is 1. The van der Waals surface area contributed by atoms with E-state index in [9.17, 15) is 9.59 Å². The number of rotatable bonds is 5. The molecule has 1 heterocycles. The lowest BCUT2D eigenvalue weighted by Crippen LogP contribution is -2.51. The summed E-state index contributed by atoms with van der Waals surface area (Å²) in [5.74, 6) is 1.80. The van der Waals surface area contributed by atoms with Gasteiger partial charge in [-0.1, -0.05) is 6.07 Å². The quantitative estimate of drug-likeness (QED) is 0.842. The summed E-state index contributed by atoms with van der Waals surface area (Å²) in [5.41, 5.74) is -0.275. The van der Waals surface area contributed by atoms with Crippen LogP contribution in [-0.4, -0.2) is 18.5 Å². The molecule has 23 heavy (non-hydrogen) atoms. The maximum atomic E-state index is 12.6. The van der Waals surface area contributed by atoms with E-state index < -0.39 is 0 Å². The molecule has 5 heteroatoms. The summed E-state index contributed by atoms with van der Waals surface area (Å²) in [5, 5.41) is 4.79. The molecule has 1 aromatic heterocycles. The van der Waals surface area contributed by atoms with Gasteiger partial charge in [-0.3, -0.25) is 9.59 Å². The molecular formula is C18H23NO3S. The topological polar surface area (TPSA) is 55.4 Å². The minimum atomic E-state index is -0.275. The van der Waals surface area contributed by atoms with E-state index in [1.165, 1.54) is 19.3 Å². The van der Waals surface area contributed by atoms with Gasteiger partial charge in [-0.05, 0) is 67.7 Å². The van der Waals surface area contributed by atoms with Gasteiger partial charge in [0.05, 0.1) is 12.0 Å². The monoisotopic (exact) mass is 333 g/mol. The standard InChI is InChI=1S/C18H23NO3S/c20-16(19-10-15-2-1-3-23-15)11-22-17(21)18-7-12-4-13(8-18)6-14(5-12)9-18/h1-3,12-14H,4-11H2,(H,19,20). The predicted molar refractivity (Wildman–Crippen MR) is 87.7 cm³/mol. The molecule has 4 aliphatic carbocycles. The summed E-state index contributed by atoms with van der Waals surface area (Å²) in [6.45, 7) is 0.359. The zero-order valence-corrected chi connectivity index (χ0v) is 14.1. The van der Waals surface area contributed by atoms with Gasteiger partial charge in [0.1, 0.15) is 0 Å². The molecule has 4 bridgehead atoms. The number of carbonyl (C=O) groups excluding carboxylic acids is 2. The number of hydrogen-bond acceptors (Lipinski definition) is 4. The molecule has 0 aromatic carbocycles. The van der Waals surface area contributed by atoms with Crippen LogP contribution in [0.4, 0.5) is 0 Å². The van der Waals surface area contributed by atoms with E-state index in [1.807, 2.05) is 17.5 Å². The molecule has 0 atom stereocenters. The molecule has 124 valence electrons. The molecule has 0 unspecified atom stereocenters. The van der Waals surface area contributed by atoms with Crippen LogP contribution in [0.3, 0.4) is 0 Å². The molecule has 1 N–H and O–H groups in total. The Morgan fingerprint density at radius 2 is 1.83 bits per heavy atom. The molecule has 4 fully saturated rings. The first-order chi connectivity index (χ1) is 11.1. The summed E-state index contributed by atoms with van der Waals surface area (Å²) in [4.78, 5) is 25.6. The van der Waals surface area contributed by atoms with Gasteiger partial charge < -0.3 is 10.1 Å². The van der Waals surface area contributed by atoms with Crippen LogP contribution in [0.5, 0.6) is 0 Å². The first kappa shape index (κ1) is 15.2. The number of carbonyl (C=O) groups is 2. The summed E-state index contributed by atoms with van der Waals surface area (Å²) in [7, 11) is 0. The van der Waals surface area contributed by atoms with Crippen LogP contribution in [-0.2, 0) is 20.9 Å². The van der Waals surface area contributed by atoms with Crippen LogP contribution in [0, 0.1) is 23.2 Å². The minimum absolute atomic E-state index is 0.122. The Morgan fingerprint density at radius 1 is 1.17 bits per heavy atom. The van der Waals surface area contributed by atoms with Crippen molar-refractivity contribution in [3.63, 3.8) is 0 Å². The summed E-state index contributed by atoms with van der Waals surface area (Å²) in [6, 6.07) is 3.94. The van der Waals surface area contributed by atoms with Crippen LogP contribution in [0.15, 0.2) is 17.5 Å². The summed E-state index contributed by atoms with van der Waals surface area (Å²) >= 11 is 1.61. The van der Waals surface area contributed by atoms with Crippen molar-refractivity contribution in [3.05, 3.63) is 22.4 Å². The first-order valence-corrected chi connectivity index (χ1v) is 9.47. The largest absolute Gasteiger partial charge is 0.455 e. The maximum absolute atomic E-state index is 12.6. The van der Waals surface area contributed by atoms with Crippen molar-refractivity contribution < 1.29 is 14.3 Å². The van der Waals surface area contributed by atoms with Crippen molar-refractivity contribution >= 4 is 23.2 Å². The highest BCUT2D eigenvalue weighted by atomic mass is 32.1. The van der Waals surface area contributed by atoms with Crippen LogP contribution in [0.25, 0.3) is 0 Å². The fourth-order valence-corrected chi connectivity index (χ4v) is 5.94. The third-order valence-electron chi connectivity index (χ3n) is 5.85. The lowest BCUT2D eigenvalue weighted by molar-refractivity contribution is -0.173. The molecular weight excluding hydrogens is 310 g/mol. The first-order valence-electron chi connectivity index (χ1n) is 8.59. The van der Waals surface area contributed by atoms with E-state index in [-0.39, 0.29) is 23.9 Å². The normalized spacial score (nSPS) is 34.3. The van der Waals surface area contributed by atoms with Crippen molar-refractivity contribution in [1.29, 1.82) is 0 Å². The molecule has 0 saturated heterocycles. The second-order valence-corrected chi connectivity index (χ2v) is 8.66. The second-order valence-electron chi connectivity index (χ2n) is 7.63. The smallest absolute Gasteiger partial charge is 0.312 e. The van der Waals surface area contributed by atoms with Crippen LogP contribution >= 0.6 is 11.3 Å². The molecule has 4 saturated carbocycles. The molecule has 5 rings (SSSR count). The Hall–Kier alpha value is -1.36. The zero-order chi connectivity index (χ0) is 15.9. The van der Waals surface area contributed by atoms with E-state index in [4.69, 9.17) is 4.74 Å². The van der Waals surface area contributed by atoms with Crippen LogP contribution in [0.2, 0.25) is 0 Å². The third kappa shape index (κ3) is 3.03. The van der Waals surface area contributed by atoms with Crippen molar-refractivity contribution in [3.8, 4) is 0 Å². The van der Waals surface area contributed by atoms with Crippen molar-refractivity contribution in [1.82, 2.24) is 5.32 Å². The highest BCUT2D eigenvalue weighted by Gasteiger charge is 2.55. The van der Waals surface area contributed by atoms with Gasteiger partial charge in [0.25, 0.3) is 5.91 Å². The number of nitrogens with one attached hydrogen (secondary N) is 1. The SMILES string of the molecule is O=C(COC(=O)C12CC3CC(CC(C3)C1)C2)NCc1cccs1. The number of hydrogen-bond donors (Lipinski definition) is 1. The van der Waals surface area contributed by atoms with Gasteiger partial charge in [-0.15, -0.1) is 11.3 Å². The predicted octanol–water partition coefficient (Wildman–Crippen LogP) is 3.12. The van der Waals surface area contributed by atoms with Crippen molar-refractivity contribution in [2.45, 2.75) is 45.1 Å². The molecule has 0 radical (unpaired) electrons. The van der Waals surface area contributed by atoms with Crippen LogP contribution < -0.4 is 5.32 Å². The summed E-state index contributed by atoms with van der Waals surface area (Å²) < 4.78 is 5.41. The highest BCUT2D eigenvalue weighted by molar-refractivity contribution is 7.09. The van der Waals surface area contributed by atoms with E-state index in [0.29, 0.717) is 24.3 Å². The lowest BCUT2D eigenvalue weighted by Gasteiger charge is -2.55. The molecule has 0 spiro atoms. The van der Waals surface area contributed by atoms with Crippen molar-refractivity contribution in [2.24, 2.45) is 23.2 Å². The molecule has 4 nitrogen and oxygen atoms in total. The number of thiophene rings is 1. The number of amides is 1. The average molecular weight is 333 g/mol. The van der Waals surface area contributed by atoms with Crippen molar-refractivity contribution in [2.75, 3.05) is 6.61 Å².